The van der Waals surface area contributed by atoms with Crippen LogP contribution in [-0.2, 0) is 14.3 Å². The zero-order chi connectivity index (χ0) is 15.8. The summed E-state index contributed by atoms with van der Waals surface area (Å²) in [5.41, 5.74) is 2.06. The number of nitrogens with one attached hydrogen (secondary N) is 1. The van der Waals surface area contributed by atoms with Crippen LogP contribution >= 0.6 is 0 Å². The normalized spacial score (nSPS) is 27.8. The van der Waals surface area contributed by atoms with E-state index in [0.29, 0.717) is 12.5 Å². The van der Waals surface area contributed by atoms with Crippen LogP contribution in [-0.4, -0.2) is 42.5 Å². The van der Waals surface area contributed by atoms with Gasteiger partial charge in [0.25, 0.3) is 5.91 Å². The highest BCUT2D eigenvalue weighted by molar-refractivity contribution is 6.03. The predicted octanol–water partition coefficient (Wildman–Crippen LogP) is 2.14. The van der Waals surface area contributed by atoms with Crippen molar-refractivity contribution in [3.63, 3.8) is 0 Å². The standard InChI is InChI=1S/C18H22N2O3/c21-17-16(13-4-1-2-5-14(13)19-17)12-7-9-20(10-8-12)18(22)15-6-3-11-23-15/h1-2,4-5,12,15-16H,3,6-11H2,(H,19,21). The molecule has 4 rings (SSSR count). The van der Waals surface area contributed by atoms with Gasteiger partial charge in [-0.15, -0.1) is 0 Å². The van der Waals surface area contributed by atoms with Crippen LogP contribution in [0.15, 0.2) is 24.3 Å². The number of likely N-dealkylation sites (tertiary alicyclic amines) is 1. The van der Waals surface area contributed by atoms with Crippen molar-refractivity contribution >= 4 is 17.5 Å². The Bertz CT molecular complexity index is 616. The lowest BCUT2D eigenvalue weighted by Gasteiger charge is -2.35. The van der Waals surface area contributed by atoms with Gasteiger partial charge < -0.3 is 15.0 Å². The average Bonchev–Trinajstić information content (AvgIpc) is 3.21. The highest BCUT2D eigenvalue weighted by Crippen LogP contribution is 2.41. The van der Waals surface area contributed by atoms with Crippen LogP contribution in [0.1, 0.15) is 37.2 Å². The maximum atomic E-state index is 12.4. The van der Waals surface area contributed by atoms with Gasteiger partial charge in [0.05, 0.1) is 5.92 Å². The number of anilines is 1. The molecule has 0 spiro atoms. The maximum Gasteiger partial charge on any atom is 0.251 e. The quantitative estimate of drug-likeness (QED) is 0.910. The van der Waals surface area contributed by atoms with E-state index in [1.807, 2.05) is 29.2 Å². The number of ether oxygens (including phenoxy) is 1. The summed E-state index contributed by atoms with van der Waals surface area (Å²) >= 11 is 0. The highest BCUT2D eigenvalue weighted by atomic mass is 16.5. The number of benzene rings is 1. The number of piperidine rings is 1. The van der Waals surface area contributed by atoms with E-state index in [4.69, 9.17) is 4.74 Å². The number of hydrogen-bond donors (Lipinski definition) is 1. The highest BCUT2D eigenvalue weighted by Gasteiger charge is 2.39. The summed E-state index contributed by atoms with van der Waals surface area (Å²) in [5, 5.41) is 2.98. The molecule has 0 radical (unpaired) electrons. The molecule has 2 fully saturated rings. The number of carbonyl (C=O) groups excluding carboxylic acids is 2. The number of rotatable bonds is 2. The first-order valence-electron chi connectivity index (χ1n) is 8.54. The van der Waals surface area contributed by atoms with Crippen molar-refractivity contribution in [2.45, 2.75) is 37.7 Å². The molecule has 1 aromatic carbocycles. The van der Waals surface area contributed by atoms with Crippen LogP contribution in [0.5, 0.6) is 0 Å². The molecule has 5 nitrogen and oxygen atoms in total. The van der Waals surface area contributed by atoms with Gasteiger partial charge in [0.15, 0.2) is 0 Å². The molecule has 2 saturated heterocycles. The minimum Gasteiger partial charge on any atom is -0.368 e. The summed E-state index contributed by atoms with van der Waals surface area (Å²) in [6.45, 7) is 2.16. The first kappa shape index (κ1) is 14.7. The summed E-state index contributed by atoms with van der Waals surface area (Å²) in [6.07, 6.45) is 3.35. The lowest BCUT2D eigenvalue weighted by atomic mass is 9.80. The van der Waals surface area contributed by atoms with Gasteiger partial charge in [-0.3, -0.25) is 9.59 Å². The second kappa shape index (κ2) is 5.96. The molecule has 2 amide bonds. The molecule has 5 heteroatoms. The van der Waals surface area contributed by atoms with E-state index in [1.54, 1.807) is 0 Å². The molecule has 3 aliphatic rings. The van der Waals surface area contributed by atoms with Crippen LogP contribution in [0.2, 0.25) is 0 Å². The monoisotopic (exact) mass is 314 g/mol. The molecular formula is C18H22N2O3. The molecule has 2 atom stereocenters. The summed E-state index contributed by atoms with van der Waals surface area (Å²) in [6, 6.07) is 7.94. The number of hydrogen-bond acceptors (Lipinski definition) is 3. The van der Waals surface area contributed by atoms with E-state index in [1.165, 1.54) is 0 Å². The van der Waals surface area contributed by atoms with Crippen LogP contribution in [0.25, 0.3) is 0 Å². The molecule has 0 bridgehead atoms. The largest absolute Gasteiger partial charge is 0.368 e. The predicted molar refractivity (Wildman–Crippen MR) is 86.1 cm³/mol. The maximum absolute atomic E-state index is 12.4. The van der Waals surface area contributed by atoms with Crippen LogP contribution in [0, 0.1) is 5.92 Å². The van der Waals surface area contributed by atoms with Crippen molar-refractivity contribution in [1.29, 1.82) is 0 Å². The zero-order valence-corrected chi connectivity index (χ0v) is 13.2. The second-order valence-corrected chi connectivity index (χ2v) is 6.72. The van der Waals surface area contributed by atoms with Crippen LogP contribution in [0.4, 0.5) is 5.69 Å². The average molecular weight is 314 g/mol. The van der Waals surface area contributed by atoms with Gasteiger partial charge in [0, 0.05) is 25.4 Å². The lowest BCUT2D eigenvalue weighted by molar-refractivity contribution is -0.142. The Morgan fingerprint density at radius 3 is 2.70 bits per heavy atom. The van der Waals surface area contributed by atoms with Crippen molar-refractivity contribution in [2.75, 3.05) is 25.0 Å². The van der Waals surface area contributed by atoms with Gasteiger partial charge in [-0.05, 0) is 43.2 Å². The fourth-order valence-electron chi connectivity index (χ4n) is 4.13. The fourth-order valence-corrected chi connectivity index (χ4v) is 4.13. The fraction of sp³-hybridized carbons (Fsp3) is 0.556. The van der Waals surface area contributed by atoms with Crippen molar-refractivity contribution in [2.24, 2.45) is 5.92 Å². The van der Waals surface area contributed by atoms with Crippen molar-refractivity contribution in [3.05, 3.63) is 29.8 Å². The van der Waals surface area contributed by atoms with Gasteiger partial charge in [0.2, 0.25) is 5.91 Å². The SMILES string of the molecule is O=C1Nc2ccccc2C1C1CCN(C(=O)C2CCCO2)CC1. The van der Waals surface area contributed by atoms with E-state index < -0.39 is 0 Å². The molecule has 3 aliphatic heterocycles. The number of amides is 2. The van der Waals surface area contributed by atoms with Crippen LogP contribution < -0.4 is 5.32 Å². The van der Waals surface area contributed by atoms with E-state index in [-0.39, 0.29) is 23.8 Å². The second-order valence-electron chi connectivity index (χ2n) is 6.72. The molecule has 0 aromatic heterocycles. The Balaban J connectivity index is 1.42. The smallest absolute Gasteiger partial charge is 0.251 e. The van der Waals surface area contributed by atoms with Crippen molar-refractivity contribution < 1.29 is 14.3 Å². The first-order chi connectivity index (χ1) is 11.2. The summed E-state index contributed by atoms with van der Waals surface area (Å²) < 4.78 is 5.50. The third-order valence-corrected chi connectivity index (χ3v) is 5.36. The molecule has 23 heavy (non-hydrogen) atoms. The van der Waals surface area contributed by atoms with E-state index in [2.05, 4.69) is 5.32 Å². The topological polar surface area (TPSA) is 58.6 Å². The number of carbonyl (C=O) groups is 2. The number of fused-ring (bicyclic) bond motifs is 1. The molecule has 1 aromatic rings. The van der Waals surface area contributed by atoms with E-state index >= 15 is 0 Å². The molecule has 0 saturated carbocycles. The number of nitrogens with zero attached hydrogens (tertiary/aromatic N) is 1. The Morgan fingerprint density at radius 2 is 1.96 bits per heavy atom. The lowest BCUT2D eigenvalue weighted by Crippen LogP contribution is -2.44. The summed E-state index contributed by atoms with van der Waals surface area (Å²) in [7, 11) is 0. The zero-order valence-electron chi connectivity index (χ0n) is 13.2. The van der Waals surface area contributed by atoms with Gasteiger partial charge >= 0.3 is 0 Å². The minimum absolute atomic E-state index is 0.0637. The van der Waals surface area contributed by atoms with E-state index in [0.717, 1.165) is 50.0 Å². The van der Waals surface area contributed by atoms with Gasteiger partial charge in [-0.2, -0.15) is 0 Å². The van der Waals surface area contributed by atoms with Gasteiger partial charge in [-0.1, -0.05) is 18.2 Å². The Morgan fingerprint density at radius 1 is 1.17 bits per heavy atom. The van der Waals surface area contributed by atoms with E-state index in [9.17, 15) is 9.59 Å². The molecule has 1 N–H and O–H groups in total. The molecule has 2 unspecified atom stereocenters. The van der Waals surface area contributed by atoms with Gasteiger partial charge in [0.1, 0.15) is 6.10 Å². The third-order valence-electron chi connectivity index (χ3n) is 5.36. The summed E-state index contributed by atoms with van der Waals surface area (Å²) in [5.74, 6) is 0.491. The molecular weight excluding hydrogens is 292 g/mol. The van der Waals surface area contributed by atoms with Crippen molar-refractivity contribution in [1.82, 2.24) is 4.90 Å². The molecule has 122 valence electrons. The Labute approximate surface area is 136 Å². The Kier molecular flexibility index (Phi) is 3.81. The summed E-state index contributed by atoms with van der Waals surface area (Å²) in [4.78, 5) is 26.7. The third kappa shape index (κ3) is 2.63. The van der Waals surface area contributed by atoms with Crippen LogP contribution in [0.3, 0.4) is 0 Å². The van der Waals surface area contributed by atoms with Crippen molar-refractivity contribution in [3.8, 4) is 0 Å². The molecule has 3 heterocycles. The molecule has 0 aliphatic carbocycles. The first-order valence-corrected chi connectivity index (χ1v) is 8.54. The number of para-hydroxylation sites is 1. The van der Waals surface area contributed by atoms with Gasteiger partial charge in [-0.25, -0.2) is 0 Å². The Hall–Kier alpha value is -1.88. The minimum atomic E-state index is -0.234.